The van der Waals surface area contributed by atoms with E-state index in [1.807, 2.05) is 44.2 Å². The zero-order valence-corrected chi connectivity index (χ0v) is 20.1. The van der Waals surface area contributed by atoms with Crippen molar-refractivity contribution in [2.45, 2.75) is 46.1 Å². The Morgan fingerprint density at radius 2 is 1.80 bits per heavy atom. The molecule has 0 N–H and O–H groups in total. The highest BCUT2D eigenvalue weighted by Gasteiger charge is 2.22. The van der Waals surface area contributed by atoms with Crippen LogP contribution in [0.4, 0.5) is 0 Å². The first-order valence-electron chi connectivity index (χ1n) is 11.9. The summed E-state index contributed by atoms with van der Waals surface area (Å²) in [5, 5.41) is 0.256. The summed E-state index contributed by atoms with van der Waals surface area (Å²) in [5.74, 6) is -1.48. The minimum absolute atomic E-state index is 0.0684. The fraction of sp³-hybridized carbons (Fsp3) is 0.296. The lowest BCUT2D eigenvalue weighted by molar-refractivity contribution is -0.119. The van der Waals surface area contributed by atoms with Crippen LogP contribution in [0.25, 0.3) is 16.7 Å². The van der Waals surface area contributed by atoms with Crippen LogP contribution in [-0.4, -0.2) is 32.4 Å². The Hall–Kier alpha value is -4.07. The average Bonchev–Trinajstić information content (AvgIpc) is 2.87. The number of hydrogen-bond acceptors (Lipinski definition) is 5. The minimum Gasteiger partial charge on any atom is -0.462 e. The topological polar surface area (TPSA) is 95.0 Å². The smallest absolute Gasteiger partial charge is 0.341 e. The highest BCUT2D eigenvalue weighted by Crippen LogP contribution is 2.21. The van der Waals surface area contributed by atoms with Crippen molar-refractivity contribution in [3.05, 3.63) is 87.8 Å². The van der Waals surface area contributed by atoms with E-state index in [2.05, 4.69) is 4.99 Å². The predicted molar refractivity (Wildman–Crippen MR) is 133 cm³/mol. The second kappa shape index (κ2) is 10.5. The van der Waals surface area contributed by atoms with E-state index in [0.717, 1.165) is 5.56 Å². The molecule has 0 fully saturated rings. The van der Waals surface area contributed by atoms with Gasteiger partial charge in [-0.3, -0.25) is 14.0 Å². The van der Waals surface area contributed by atoms with Crippen LogP contribution in [-0.2, 0) is 16.1 Å². The van der Waals surface area contributed by atoms with Gasteiger partial charge < -0.3 is 9.30 Å². The van der Waals surface area contributed by atoms with Crippen LogP contribution in [0, 0.1) is 0 Å². The molecular weight excluding hydrogens is 444 g/mol. The third-order valence-corrected chi connectivity index (χ3v) is 5.86. The molecule has 3 aromatic heterocycles. The molecule has 4 rings (SSSR count). The highest BCUT2D eigenvalue weighted by molar-refractivity contribution is 5.94. The van der Waals surface area contributed by atoms with Crippen LogP contribution < -0.4 is 11.0 Å². The Morgan fingerprint density at radius 3 is 2.49 bits per heavy atom. The summed E-state index contributed by atoms with van der Waals surface area (Å²) < 4.78 is 8.39. The molecule has 0 spiro atoms. The third kappa shape index (κ3) is 4.64. The number of carbonyl (C=O) groups is 2. The van der Waals surface area contributed by atoms with Crippen molar-refractivity contribution in [1.82, 2.24) is 14.0 Å². The molecule has 8 heteroatoms. The molecule has 0 radical (unpaired) electrons. The van der Waals surface area contributed by atoms with Gasteiger partial charge in [-0.25, -0.2) is 9.78 Å². The summed E-state index contributed by atoms with van der Waals surface area (Å²) in [7, 11) is 0. The van der Waals surface area contributed by atoms with E-state index >= 15 is 0 Å². The molecule has 1 amide bonds. The number of rotatable bonds is 7. The number of pyridine rings is 2. The van der Waals surface area contributed by atoms with Crippen LogP contribution in [0.3, 0.4) is 0 Å². The first-order chi connectivity index (χ1) is 17.0. The zero-order chi connectivity index (χ0) is 24.9. The Kier molecular flexibility index (Phi) is 7.19. The number of ether oxygens (including phenoxy) is 1. The maximum Gasteiger partial charge on any atom is 0.341 e. The van der Waals surface area contributed by atoms with Crippen LogP contribution in [0.5, 0.6) is 0 Å². The molecule has 0 aliphatic carbocycles. The summed E-state index contributed by atoms with van der Waals surface area (Å²) >= 11 is 0. The van der Waals surface area contributed by atoms with Gasteiger partial charge in [0.25, 0.3) is 11.5 Å². The van der Waals surface area contributed by atoms with Gasteiger partial charge in [-0.1, -0.05) is 50.2 Å². The van der Waals surface area contributed by atoms with Gasteiger partial charge in [0.15, 0.2) is 5.49 Å². The van der Waals surface area contributed by atoms with Crippen molar-refractivity contribution >= 4 is 28.6 Å². The molecule has 35 heavy (non-hydrogen) atoms. The Bertz CT molecular complexity index is 1520. The SMILES string of the molecule is CCCn1c(=NC(=O)[C@@H](CC)c2ccccc2)c(C(=O)OCC)cc2c(=O)n3ccccc3nc21. The van der Waals surface area contributed by atoms with Crippen LogP contribution in [0.1, 0.15) is 55.5 Å². The van der Waals surface area contributed by atoms with Gasteiger partial charge in [0.1, 0.15) is 16.9 Å². The number of benzene rings is 1. The van der Waals surface area contributed by atoms with Crippen molar-refractivity contribution in [3.63, 3.8) is 0 Å². The standard InChI is InChI=1S/C27H28N4O4/c1-4-15-31-23-20(26(33)30-16-11-10-14-22(30)28-23)17-21(27(34)35-6-3)24(31)29-25(32)19(5-2)18-12-8-7-9-13-18/h7-14,16-17,19H,4-6,15H2,1-3H3/t19-/m0/s1. The quantitative estimate of drug-likeness (QED) is 0.301. The first kappa shape index (κ1) is 24.1. The summed E-state index contributed by atoms with van der Waals surface area (Å²) in [6.07, 6.45) is 2.85. The van der Waals surface area contributed by atoms with Gasteiger partial charge in [-0.15, -0.1) is 0 Å². The molecule has 3 heterocycles. The Balaban J connectivity index is 2.07. The van der Waals surface area contributed by atoms with Crippen molar-refractivity contribution in [2.24, 2.45) is 4.99 Å². The molecule has 1 aromatic carbocycles. The molecule has 0 saturated carbocycles. The van der Waals surface area contributed by atoms with E-state index in [1.54, 1.807) is 35.9 Å². The third-order valence-electron chi connectivity index (χ3n) is 5.86. The molecule has 4 aromatic rings. The molecule has 0 unspecified atom stereocenters. The van der Waals surface area contributed by atoms with E-state index in [1.165, 1.54) is 10.5 Å². The minimum atomic E-state index is -0.642. The van der Waals surface area contributed by atoms with Crippen LogP contribution in [0.15, 0.2) is 70.6 Å². The number of amides is 1. The van der Waals surface area contributed by atoms with Crippen molar-refractivity contribution in [2.75, 3.05) is 6.61 Å². The lowest BCUT2D eigenvalue weighted by Gasteiger charge is -2.16. The summed E-state index contributed by atoms with van der Waals surface area (Å²) in [6.45, 7) is 6.15. The Labute approximate surface area is 202 Å². The Morgan fingerprint density at radius 1 is 1.06 bits per heavy atom. The normalized spacial score (nSPS) is 12.7. The number of esters is 1. The maximum absolute atomic E-state index is 13.4. The van der Waals surface area contributed by atoms with Crippen LogP contribution >= 0.6 is 0 Å². The van der Waals surface area contributed by atoms with Gasteiger partial charge >= 0.3 is 5.97 Å². The van der Waals surface area contributed by atoms with Gasteiger partial charge in [0.2, 0.25) is 0 Å². The second-order valence-electron chi connectivity index (χ2n) is 8.16. The van der Waals surface area contributed by atoms with E-state index in [0.29, 0.717) is 30.7 Å². The van der Waals surface area contributed by atoms with Gasteiger partial charge in [-0.2, -0.15) is 4.99 Å². The maximum atomic E-state index is 13.4. The predicted octanol–water partition coefficient (Wildman–Crippen LogP) is 3.86. The number of hydrogen-bond donors (Lipinski definition) is 0. The molecule has 0 aliphatic heterocycles. The fourth-order valence-electron chi connectivity index (χ4n) is 4.21. The van der Waals surface area contributed by atoms with Gasteiger partial charge in [0.05, 0.1) is 17.9 Å². The van der Waals surface area contributed by atoms with E-state index in [9.17, 15) is 14.4 Å². The van der Waals surface area contributed by atoms with Crippen molar-refractivity contribution < 1.29 is 14.3 Å². The van der Waals surface area contributed by atoms with E-state index < -0.39 is 11.9 Å². The van der Waals surface area contributed by atoms with E-state index in [4.69, 9.17) is 9.72 Å². The van der Waals surface area contributed by atoms with Gasteiger partial charge in [-0.05, 0) is 43.5 Å². The molecule has 0 bridgehead atoms. The van der Waals surface area contributed by atoms with Crippen molar-refractivity contribution in [3.8, 4) is 0 Å². The molecule has 8 nitrogen and oxygen atoms in total. The lowest BCUT2D eigenvalue weighted by atomic mass is 9.96. The zero-order valence-electron chi connectivity index (χ0n) is 20.1. The number of nitrogens with zero attached hydrogens (tertiary/aromatic N) is 4. The molecule has 0 aliphatic rings. The van der Waals surface area contributed by atoms with Gasteiger partial charge in [0, 0.05) is 12.7 Å². The summed E-state index contributed by atoms with van der Waals surface area (Å²) in [6, 6.07) is 16.2. The largest absolute Gasteiger partial charge is 0.462 e. The summed E-state index contributed by atoms with van der Waals surface area (Å²) in [4.78, 5) is 48.9. The summed E-state index contributed by atoms with van der Waals surface area (Å²) in [5.41, 5.74) is 1.60. The monoisotopic (exact) mass is 472 g/mol. The van der Waals surface area contributed by atoms with Crippen LogP contribution in [0.2, 0.25) is 0 Å². The fourth-order valence-corrected chi connectivity index (χ4v) is 4.21. The van der Waals surface area contributed by atoms with Crippen molar-refractivity contribution in [1.29, 1.82) is 0 Å². The molecule has 1 atom stereocenters. The number of fused-ring (bicyclic) bond motifs is 2. The average molecular weight is 473 g/mol. The molecule has 0 saturated heterocycles. The first-order valence-corrected chi connectivity index (χ1v) is 11.9. The molecule has 180 valence electrons. The number of aromatic nitrogens is 3. The molecular formula is C27H28N4O4. The lowest BCUT2D eigenvalue weighted by Crippen LogP contribution is -2.33. The number of aryl methyl sites for hydroxylation is 1. The van der Waals surface area contributed by atoms with E-state index in [-0.39, 0.29) is 34.5 Å². The number of carbonyl (C=O) groups excluding carboxylic acids is 2. The second-order valence-corrected chi connectivity index (χ2v) is 8.16. The highest BCUT2D eigenvalue weighted by atomic mass is 16.5.